The normalized spacial score (nSPS) is 22.6. The molecule has 266 valence electrons. The van der Waals surface area contributed by atoms with Gasteiger partial charge >= 0.3 is 21.6 Å². The van der Waals surface area contributed by atoms with E-state index in [4.69, 9.17) is 27.9 Å². The van der Waals surface area contributed by atoms with Crippen LogP contribution in [-0.4, -0.2) is 56.5 Å². The Bertz CT molecular complexity index is 1730. The van der Waals surface area contributed by atoms with Crippen molar-refractivity contribution in [3.63, 3.8) is 0 Å². The van der Waals surface area contributed by atoms with Gasteiger partial charge < -0.3 is 23.7 Å². The van der Waals surface area contributed by atoms with Crippen LogP contribution in [0.5, 0.6) is 0 Å². The van der Waals surface area contributed by atoms with Crippen LogP contribution in [0.25, 0.3) is 0 Å². The first-order chi connectivity index (χ1) is 24.0. The summed E-state index contributed by atoms with van der Waals surface area (Å²) >= 11 is 0. The molecule has 4 aromatic carbocycles. The molecule has 5 rings (SSSR count). The fraction of sp³-hybridized carbons (Fsp3) is 0.324. The van der Waals surface area contributed by atoms with Gasteiger partial charge in [0.25, 0.3) is 0 Å². The minimum Gasteiger partial charge on any atom is -0.457 e. The molecule has 50 heavy (non-hydrogen) atoms. The number of carbonyl (C=O) groups excluding carboxylic acids is 1. The van der Waals surface area contributed by atoms with Gasteiger partial charge in [-0.3, -0.25) is 8.98 Å². The van der Waals surface area contributed by atoms with Crippen LogP contribution in [0.4, 0.5) is 13.2 Å². The van der Waals surface area contributed by atoms with Crippen molar-refractivity contribution in [2.75, 3.05) is 0 Å². The molecule has 0 heterocycles. The van der Waals surface area contributed by atoms with Gasteiger partial charge in [0.15, 0.2) is 6.10 Å². The lowest BCUT2D eigenvalue weighted by Crippen LogP contribution is -2.68. The van der Waals surface area contributed by atoms with E-state index >= 15 is 0 Å². The highest BCUT2D eigenvalue weighted by Crippen LogP contribution is 2.38. The van der Waals surface area contributed by atoms with E-state index in [9.17, 15) is 26.4 Å². The third-order valence-electron chi connectivity index (χ3n) is 7.91. The smallest absolute Gasteiger partial charge is 0.457 e. The molecule has 0 bridgehead atoms. The summed E-state index contributed by atoms with van der Waals surface area (Å²) in [6.07, 6.45) is -9.30. The quantitative estimate of drug-likeness (QED) is 0.0775. The Hall–Kier alpha value is -4.11. The largest absolute Gasteiger partial charge is 0.523 e. The van der Waals surface area contributed by atoms with Crippen molar-refractivity contribution in [3.8, 4) is 0 Å². The van der Waals surface area contributed by atoms with Crippen LogP contribution < -0.4 is 0 Å². The minimum atomic E-state index is -6.26. The molecule has 0 radical (unpaired) electrons. The lowest BCUT2D eigenvalue weighted by Gasteiger charge is -2.48. The van der Waals surface area contributed by atoms with Crippen LogP contribution in [0.2, 0.25) is 0 Å². The van der Waals surface area contributed by atoms with Gasteiger partial charge in [0, 0.05) is 6.92 Å². The minimum absolute atomic E-state index is 0.00747. The van der Waals surface area contributed by atoms with Crippen molar-refractivity contribution in [1.82, 2.24) is 0 Å². The Morgan fingerprint density at radius 1 is 0.520 bits per heavy atom. The molecule has 9 nitrogen and oxygen atoms in total. The van der Waals surface area contributed by atoms with Crippen LogP contribution in [-0.2, 0) is 69.2 Å². The lowest BCUT2D eigenvalue weighted by molar-refractivity contribution is -0.273. The van der Waals surface area contributed by atoms with Crippen molar-refractivity contribution >= 4 is 16.1 Å². The average Bonchev–Trinajstić information content (AvgIpc) is 3.10. The average molecular weight is 715 g/mol. The fourth-order valence-electron chi connectivity index (χ4n) is 5.58. The van der Waals surface area contributed by atoms with E-state index in [-0.39, 0.29) is 26.4 Å². The Balaban J connectivity index is 1.62. The standard InChI is InChI=1S/C37H37F3O9S/c1-26(41)48-35-33(46-24-29-18-10-4-11-19-29)31(44-22-27-14-6-2-7-15-27)32(45-23-28-16-8-3-9-17-28)34(47-25-30-20-12-5-13-21-30)36(35)49-50(42,43)37(38,39)40/h2-21,31-36H,22-25H2,1H3/t31-,32-,33+,34+,35+,36-/m1/s1. The van der Waals surface area contributed by atoms with E-state index in [1.54, 1.807) is 84.9 Å². The molecule has 0 amide bonds. The van der Waals surface area contributed by atoms with Crippen LogP contribution >= 0.6 is 0 Å². The highest BCUT2D eigenvalue weighted by Gasteiger charge is 2.60. The first-order valence-corrected chi connectivity index (χ1v) is 17.2. The van der Waals surface area contributed by atoms with Gasteiger partial charge in [-0.25, -0.2) is 0 Å². The van der Waals surface area contributed by atoms with Crippen molar-refractivity contribution in [2.24, 2.45) is 0 Å². The molecule has 13 heteroatoms. The number of carbonyl (C=O) groups is 1. The third-order valence-corrected chi connectivity index (χ3v) is 8.95. The maximum Gasteiger partial charge on any atom is 0.523 e. The Morgan fingerprint density at radius 3 is 1.08 bits per heavy atom. The number of hydrogen-bond donors (Lipinski definition) is 0. The van der Waals surface area contributed by atoms with E-state index in [1.807, 2.05) is 36.4 Å². The summed E-state index contributed by atoms with van der Waals surface area (Å²) in [6.45, 7) is 0.683. The molecule has 4 aromatic rings. The molecule has 0 aliphatic heterocycles. The molecule has 0 spiro atoms. The molecular formula is C37H37F3O9S. The summed E-state index contributed by atoms with van der Waals surface area (Å²) in [5.41, 5.74) is -3.04. The van der Waals surface area contributed by atoms with E-state index in [2.05, 4.69) is 0 Å². The number of esters is 1. The maximum absolute atomic E-state index is 13.9. The Morgan fingerprint density at radius 2 is 0.800 bits per heavy atom. The van der Waals surface area contributed by atoms with Gasteiger partial charge in [0.2, 0.25) is 0 Å². The SMILES string of the molecule is CC(=O)O[C@H]1[C@@H](OCc2ccccc2)[C@H](OCc2ccccc2)[C@@H](OCc2ccccc2)[C@H](OCc2ccccc2)[C@H]1OS(=O)(=O)C(F)(F)F. The highest BCUT2D eigenvalue weighted by molar-refractivity contribution is 7.87. The molecular weight excluding hydrogens is 677 g/mol. The maximum atomic E-state index is 13.9. The molecule has 0 unspecified atom stereocenters. The first kappa shape index (κ1) is 37.2. The number of benzene rings is 4. The molecule has 0 saturated heterocycles. The summed E-state index contributed by atoms with van der Waals surface area (Å²) < 4.78 is 103. The third kappa shape index (κ3) is 9.99. The Labute approximate surface area is 289 Å². The molecule has 0 aromatic heterocycles. The first-order valence-electron chi connectivity index (χ1n) is 15.8. The summed E-state index contributed by atoms with van der Waals surface area (Å²) in [7, 11) is -6.26. The number of alkyl halides is 3. The van der Waals surface area contributed by atoms with Crippen LogP contribution in [0.3, 0.4) is 0 Å². The monoisotopic (exact) mass is 714 g/mol. The number of hydrogen-bond acceptors (Lipinski definition) is 9. The van der Waals surface area contributed by atoms with E-state index in [0.29, 0.717) is 16.7 Å². The number of ether oxygens (including phenoxy) is 5. The molecule has 1 aliphatic carbocycles. The second-order valence-electron chi connectivity index (χ2n) is 11.6. The molecule has 6 atom stereocenters. The zero-order valence-corrected chi connectivity index (χ0v) is 27.9. The van der Waals surface area contributed by atoms with Gasteiger partial charge in [0.05, 0.1) is 26.4 Å². The van der Waals surface area contributed by atoms with Gasteiger partial charge in [-0.2, -0.15) is 21.6 Å². The van der Waals surface area contributed by atoms with Gasteiger partial charge in [-0.1, -0.05) is 121 Å². The molecule has 1 saturated carbocycles. The van der Waals surface area contributed by atoms with Crippen molar-refractivity contribution in [3.05, 3.63) is 144 Å². The summed E-state index contributed by atoms with van der Waals surface area (Å²) in [4.78, 5) is 12.6. The summed E-state index contributed by atoms with van der Waals surface area (Å²) in [5.74, 6) is -0.923. The van der Waals surface area contributed by atoms with Crippen LogP contribution in [0, 0.1) is 0 Å². The number of rotatable bonds is 15. The van der Waals surface area contributed by atoms with Gasteiger partial charge in [0.1, 0.15) is 30.5 Å². The van der Waals surface area contributed by atoms with Crippen LogP contribution in [0.15, 0.2) is 121 Å². The fourth-order valence-corrected chi connectivity index (χ4v) is 6.20. The lowest BCUT2D eigenvalue weighted by atomic mass is 9.83. The van der Waals surface area contributed by atoms with Crippen molar-refractivity contribution in [1.29, 1.82) is 0 Å². The van der Waals surface area contributed by atoms with E-state index in [0.717, 1.165) is 12.5 Å². The second kappa shape index (κ2) is 17.2. The van der Waals surface area contributed by atoms with E-state index < -0.39 is 58.2 Å². The predicted molar refractivity (Wildman–Crippen MR) is 175 cm³/mol. The van der Waals surface area contributed by atoms with Gasteiger partial charge in [-0.15, -0.1) is 0 Å². The Kier molecular flexibility index (Phi) is 12.8. The van der Waals surface area contributed by atoms with Crippen LogP contribution in [0.1, 0.15) is 29.2 Å². The zero-order valence-electron chi connectivity index (χ0n) is 27.1. The summed E-state index contributed by atoms with van der Waals surface area (Å²) in [6, 6.07) is 35.6. The zero-order chi connectivity index (χ0) is 35.6. The highest BCUT2D eigenvalue weighted by atomic mass is 32.2. The molecule has 0 N–H and O–H groups in total. The molecule has 1 fully saturated rings. The van der Waals surface area contributed by atoms with Gasteiger partial charge in [-0.05, 0) is 22.3 Å². The van der Waals surface area contributed by atoms with Crippen molar-refractivity contribution in [2.45, 2.75) is 75.5 Å². The molecule has 1 aliphatic rings. The number of halogens is 3. The van der Waals surface area contributed by atoms with Crippen molar-refractivity contribution < 1.29 is 54.3 Å². The van der Waals surface area contributed by atoms with E-state index in [1.165, 1.54) is 0 Å². The predicted octanol–water partition coefficient (Wildman–Crippen LogP) is 6.51. The topological polar surface area (TPSA) is 107 Å². The summed E-state index contributed by atoms with van der Waals surface area (Å²) in [5, 5.41) is 0. The second-order valence-corrected chi connectivity index (χ2v) is 13.1.